The van der Waals surface area contributed by atoms with Crippen molar-refractivity contribution in [1.82, 2.24) is 14.5 Å². The Morgan fingerprint density at radius 2 is 2.26 bits per heavy atom. The highest BCUT2D eigenvalue weighted by atomic mass is 35.5. The Bertz CT molecular complexity index is 661. The van der Waals surface area contributed by atoms with Crippen molar-refractivity contribution < 1.29 is 0 Å². The van der Waals surface area contributed by atoms with Crippen molar-refractivity contribution in [2.24, 2.45) is 0 Å². The van der Waals surface area contributed by atoms with Crippen molar-refractivity contribution >= 4 is 22.9 Å². The first-order valence-corrected chi connectivity index (χ1v) is 7.32. The van der Waals surface area contributed by atoms with E-state index in [2.05, 4.69) is 34.2 Å². The molecule has 2 aromatic heterocycles. The number of rotatable bonds is 4. The fourth-order valence-corrected chi connectivity index (χ4v) is 2.94. The Kier molecular flexibility index (Phi) is 3.62. The molecule has 1 aromatic carbocycles. The molecule has 0 fully saturated rings. The number of aromatic nitrogens is 3. The molecule has 0 radical (unpaired) electrons. The van der Waals surface area contributed by atoms with E-state index in [1.54, 1.807) is 17.5 Å². The van der Waals surface area contributed by atoms with Gasteiger partial charge in [0, 0.05) is 29.9 Å². The van der Waals surface area contributed by atoms with Gasteiger partial charge in [0.05, 0.1) is 17.9 Å². The summed E-state index contributed by atoms with van der Waals surface area (Å²) in [5, 5.41) is 3.02. The van der Waals surface area contributed by atoms with E-state index >= 15 is 0 Å². The van der Waals surface area contributed by atoms with Crippen LogP contribution < -0.4 is 0 Å². The summed E-state index contributed by atoms with van der Waals surface area (Å²) in [6.45, 7) is 0.821. The van der Waals surface area contributed by atoms with Gasteiger partial charge in [-0.05, 0) is 11.6 Å². The van der Waals surface area contributed by atoms with Crippen molar-refractivity contribution in [2.75, 3.05) is 0 Å². The molecule has 0 aliphatic carbocycles. The third-order valence-electron chi connectivity index (χ3n) is 2.79. The van der Waals surface area contributed by atoms with E-state index in [0.717, 1.165) is 22.8 Å². The maximum absolute atomic E-state index is 5.79. The van der Waals surface area contributed by atoms with Crippen LogP contribution in [0.15, 0.2) is 48.4 Å². The largest absolute Gasteiger partial charge is 0.333 e. The molecule has 0 saturated carbocycles. The first-order chi connectivity index (χ1) is 9.35. The van der Waals surface area contributed by atoms with Crippen LogP contribution >= 0.6 is 22.9 Å². The van der Waals surface area contributed by atoms with Gasteiger partial charge in [0.1, 0.15) is 5.01 Å². The van der Waals surface area contributed by atoms with Gasteiger partial charge in [0.25, 0.3) is 0 Å². The second kappa shape index (κ2) is 5.55. The summed E-state index contributed by atoms with van der Waals surface area (Å²) in [6.07, 6.45) is 5.57. The Labute approximate surface area is 120 Å². The molecule has 0 amide bonds. The molecule has 0 bridgehead atoms. The van der Waals surface area contributed by atoms with Crippen LogP contribution in [-0.4, -0.2) is 14.5 Å². The molecule has 96 valence electrons. The molecule has 2 heterocycles. The molecule has 3 rings (SSSR count). The molecule has 0 unspecified atom stereocenters. The first kappa shape index (κ1) is 12.4. The van der Waals surface area contributed by atoms with Gasteiger partial charge in [-0.1, -0.05) is 18.2 Å². The molecular weight excluding hydrogens is 278 g/mol. The summed E-state index contributed by atoms with van der Waals surface area (Å²) >= 11 is 7.42. The Balaban J connectivity index is 1.87. The van der Waals surface area contributed by atoms with Gasteiger partial charge in [-0.2, -0.15) is 0 Å². The van der Waals surface area contributed by atoms with Gasteiger partial charge in [0.15, 0.2) is 0 Å². The standard InChI is InChI=1S/C14H12ClN3S/c15-7-13-9-19-14(17-13)12-3-1-2-11(6-12)8-18-5-4-16-10-18/h1-6,9-10H,7-8H2. The molecule has 0 aliphatic rings. The Hall–Kier alpha value is -1.65. The van der Waals surface area contributed by atoms with Gasteiger partial charge in [-0.15, -0.1) is 22.9 Å². The van der Waals surface area contributed by atoms with Crippen LogP contribution in [0.4, 0.5) is 0 Å². The maximum Gasteiger partial charge on any atom is 0.123 e. The molecule has 0 saturated heterocycles. The molecule has 3 aromatic rings. The number of nitrogens with zero attached hydrogens (tertiary/aromatic N) is 3. The lowest BCUT2D eigenvalue weighted by Crippen LogP contribution is -1.96. The normalized spacial score (nSPS) is 10.8. The van der Waals surface area contributed by atoms with E-state index < -0.39 is 0 Å². The summed E-state index contributed by atoms with van der Waals surface area (Å²) in [4.78, 5) is 8.56. The second-order valence-corrected chi connectivity index (χ2v) is 5.34. The Morgan fingerprint density at radius 3 is 3.00 bits per heavy atom. The summed E-state index contributed by atoms with van der Waals surface area (Å²) in [7, 11) is 0. The monoisotopic (exact) mass is 289 g/mol. The lowest BCUT2D eigenvalue weighted by Gasteiger charge is -2.04. The fourth-order valence-electron chi connectivity index (χ4n) is 1.89. The molecule has 19 heavy (non-hydrogen) atoms. The smallest absolute Gasteiger partial charge is 0.123 e. The zero-order valence-corrected chi connectivity index (χ0v) is 11.7. The van der Waals surface area contributed by atoms with Crippen LogP contribution in [0.25, 0.3) is 10.6 Å². The summed E-state index contributed by atoms with van der Waals surface area (Å²) < 4.78 is 2.05. The highest BCUT2D eigenvalue weighted by Gasteiger charge is 2.05. The van der Waals surface area contributed by atoms with Gasteiger partial charge >= 0.3 is 0 Å². The van der Waals surface area contributed by atoms with E-state index in [4.69, 9.17) is 11.6 Å². The van der Waals surface area contributed by atoms with Crippen molar-refractivity contribution in [3.8, 4) is 10.6 Å². The number of alkyl halides is 1. The third-order valence-corrected chi connectivity index (χ3v) is 4.00. The average molecular weight is 290 g/mol. The minimum atomic E-state index is 0.464. The van der Waals surface area contributed by atoms with E-state index in [1.165, 1.54) is 5.56 Å². The molecule has 0 spiro atoms. The van der Waals surface area contributed by atoms with E-state index in [-0.39, 0.29) is 0 Å². The maximum atomic E-state index is 5.79. The topological polar surface area (TPSA) is 30.7 Å². The number of benzene rings is 1. The Morgan fingerprint density at radius 1 is 1.32 bits per heavy atom. The third kappa shape index (κ3) is 2.85. The molecule has 0 atom stereocenters. The lowest BCUT2D eigenvalue weighted by molar-refractivity contribution is 0.797. The average Bonchev–Trinajstić information content (AvgIpc) is 3.09. The fraction of sp³-hybridized carbons (Fsp3) is 0.143. The zero-order chi connectivity index (χ0) is 13.1. The SMILES string of the molecule is ClCc1csc(-c2cccc(Cn3ccnc3)c2)n1. The first-order valence-electron chi connectivity index (χ1n) is 5.90. The number of halogens is 1. The van der Waals surface area contributed by atoms with Gasteiger partial charge < -0.3 is 4.57 Å². The van der Waals surface area contributed by atoms with Crippen molar-refractivity contribution in [1.29, 1.82) is 0 Å². The summed E-state index contributed by atoms with van der Waals surface area (Å²) in [6, 6.07) is 8.41. The van der Waals surface area contributed by atoms with E-state index in [0.29, 0.717) is 5.88 Å². The highest BCUT2D eigenvalue weighted by molar-refractivity contribution is 7.13. The molecule has 5 heteroatoms. The summed E-state index contributed by atoms with van der Waals surface area (Å²) in [5.74, 6) is 0.464. The predicted octanol–water partition coefficient (Wildman–Crippen LogP) is 3.79. The lowest BCUT2D eigenvalue weighted by atomic mass is 10.1. The van der Waals surface area contributed by atoms with Crippen molar-refractivity contribution in [3.63, 3.8) is 0 Å². The predicted molar refractivity (Wildman–Crippen MR) is 78.4 cm³/mol. The molecule has 0 N–H and O–H groups in total. The minimum absolute atomic E-state index is 0.464. The van der Waals surface area contributed by atoms with Crippen LogP contribution in [0, 0.1) is 0 Å². The van der Waals surface area contributed by atoms with E-state index in [9.17, 15) is 0 Å². The van der Waals surface area contributed by atoms with Crippen LogP contribution in [0.5, 0.6) is 0 Å². The number of imidazole rings is 1. The summed E-state index contributed by atoms with van der Waals surface area (Å²) in [5.41, 5.74) is 3.30. The van der Waals surface area contributed by atoms with Crippen LogP contribution in [0.1, 0.15) is 11.3 Å². The van der Waals surface area contributed by atoms with Crippen LogP contribution in [0.2, 0.25) is 0 Å². The number of hydrogen-bond acceptors (Lipinski definition) is 3. The number of thiazole rings is 1. The van der Waals surface area contributed by atoms with Crippen molar-refractivity contribution in [2.45, 2.75) is 12.4 Å². The second-order valence-electron chi connectivity index (χ2n) is 4.21. The minimum Gasteiger partial charge on any atom is -0.333 e. The number of hydrogen-bond donors (Lipinski definition) is 0. The van der Waals surface area contributed by atoms with Gasteiger partial charge in [-0.25, -0.2) is 9.97 Å². The van der Waals surface area contributed by atoms with Gasteiger partial charge in [0.2, 0.25) is 0 Å². The molecule has 0 aliphatic heterocycles. The molecular formula is C14H12ClN3S. The van der Waals surface area contributed by atoms with Crippen molar-refractivity contribution in [3.05, 3.63) is 59.6 Å². The quantitative estimate of drug-likeness (QED) is 0.684. The van der Waals surface area contributed by atoms with E-state index in [1.807, 2.05) is 22.5 Å². The highest BCUT2D eigenvalue weighted by Crippen LogP contribution is 2.25. The van der Waals surface area contributed by atoms with Crippen LogP contribution in [0.3, 0.4) is 0 Å². The van der Waals surface area contributed by atoms with Gasteiger partial charge in [-0.3, -0.25) is 0 Å². The molecule has 3 nitrogen and oxygen atoms in total. The van der Waals surface area contributed by atoms with Crippen LogP contribution in [-0.2, 0) is 12.4 Å². The zero-order valence-electron chi connectivity index (χ0n) is 10.2.